The molecular formula is C9H14N2O. The van der Waals surface area contributed by atoms with Crippen molar-refractivity contribution in [2.24, 2.45) is 13.0 Å². The normalized spacial score (nSPS) is 10.7. The minimum Gasteiger partial charge on any atom is -0.298 e. The number of hydrogen-bond donors (Lipinski definition) is 0. The third-order valence-corrected chi connectivity index (χ3v) is 1.67. The van der Waals surface area contributed by atoms with Crippen LogP contribution in [-0.2, 0) is 13.5 Å². The second kappa shape index (κ2) is 3.52. The average Bonchev–Trinajstić information content (AvgIpc) is 2.29. The van der Waals surface area contributed by atoms with Gasteiger partial charge in [0.1, 0.15) is 0 Å². The molecule has 0 amide bonds. The fourth-order valence-electron chi connectivity index (χ4n) is 1.20. The molecule has 1 aromatic heterocycles. The van der Waals surface area contributed by atoms with E-state index in [0.29, 0.717) is 11.5 Å². The van der Waals surface area contributed by atoms with Crippen LogP contribution in [0.4, 0.5) is 0 Å². The van der Waals surface area contributed by atoms with Crippen LogP contribution in [0, 0.1) is 5.92 Å². The van der Waals surface area contributed by atoms with Crippen molar-refractivity contribution in [3.63, 3.8) is 0 Å². The van der Waals surface area contributed by atoms with Gasteiger partial charge in [-0.25, -0.2) is 0 Å². The predicted octanol–water partition coefficient (Wildman–Crippen LogP) is 1.43. The summed E-state index contributed by atoms with van der Waals surface area (Å²) in [5.41, 5.74) is 1.62. The zero-order chi connectivity index (χ0) is 9.14. The molecule has 3 nitrogen and oxygen atoms in total. The molecule has 0 aromatic carbocycles. The van der Waals surface area contributed by atoms with E-state index in [9.17, 15) is 4.79 Å². The van der Waals surface area contributed by atoms with Crippen molar-refractivity contribution in [2.75, 3.05) is 0 Å². The maximum Gasteiger partial charge on any atom is 0.153 e. The fraction of sp³-hybridized carbons (Fsp3) is 0.556. The van der Waals surface area contributed by atoms with Crippen LogP contribution in [0.5, 0.6) is 0 Å². The van der Waals surface area contributed by atoms with Crippen molar-refractivity contribution in [1.29, 1.82) is 0 Å². The van der Waals surface area contributed by atoms with E-state index in [2.05, 4.69) is 18.9 Å². The highest BCUT2D eigenvalue weighted by molar-refractivity contribution is 5.75. The summed E-state index contributed by atoms with van der Waals surface area (Å²) in [6.45, 7) is 4.23. The van der Waals surface area contributed by atoms with Crippen LogP contribution in [0.3, 0.4) is 0 Å². The van der Waals surface area contributed by atoms with E-state index >= 15 is 0 Å². The third-order valence-electron chi connectivity index (χ3n) is 1.67. The SMILES string of the molecule is CC(C)Cc1nn(C)cc1C=O. The Morgan fingerprint density at radius 2 is 2.33 bits per heavy atom. The number of aromatic nitrogens is 2. The fourth-order valence-corrected chi connectivity index (χ4v) is 1.20. The molecule has 0 fully saturated rings. The van der Waals surface area contributed by atoms with E-state index in [1.54, 1.807) is 10.9 Å². The molecule has 0 radical (unpaired) electrons. The number of carbonyl (C=O) groups excluding carboxylic acids is 1. The van der Waals surface area contributed by atoms with Crippen molar-refractivity contribution < 1.29 is 4.79 Å². The summed E-state index contributed by atoms with van der Waals surface area (Å²) >= 11 is 0. The molecule has 0 bridgehead atoms. The topological polar surface area (TPSA) is 34.9 Å². The molecule has 0 unspecified atom stereocenters. The highest BCUT2D eigenvalue weighted by Gasteiger charge is 2.07. The molecule has 0 aliphatic heterocycles. The van der Waals surface area contributed by atoms with Crippen molar-refractivity contribution in [3.05, 3.63) is 17.5 Å². The zero-order valence-electron chi connectivity index (χ0n) is 7.74. The van der Waals surface area contributed by atoms with Gasteiger partial charge in [-0.1, -0.05) is 13.8 Å². The van der Waals surface area contributed by atoms with Crippen LogP contribution in [0.25, 0.3) is 0 Å². The van der Waals surface area contributed by atoms with Crippen molar-refractivity contribution in [3.8, 4) is 0 Å². The molecule has 0 aliphatic carbocycles. The molecule has 1 aromatic rings. The van der Waals surface area contributed by atoms with Gasteiger partial charge in [-0.2, -0.15) is 5.10 Å². The Hall–Kier alpha value is -1.12. The molecule has 0 spiro atoms. The molecule has 1 rings (SSSR count). The molecule has 1 heterocycles. The van der Waals surface area contributed by atoms with Gasteiger partial charge in [0, 0.05) is 13.2 Å². The van der Waals surface area contributed by atoms with E-state index in [4.69, 9.17) is 0 Å². The quantitative estimate of drug-likeness (QED) is 0.637. The molecule has 0 saturated carbocycles. The van der Waals surface area contributed by atoms with Gasteiger partial charge in [-0.15, -0.1) is 0 Å². The summed E-state index contributed by atoms with van der Waals surface area (Å²) in [5, 5.41) is 4.21. The highest BCUT2D eigenvalue weighted by Crippen LogP contribution is 2.09. The maximum absolute atomic E-state index is 10.6. The second-order valence-electron chi connectivity index (χ2n) is 3.42. The van der Waals surface area contributed by atoms with Crippen LogP contribution in [0.2, 0.25) is 0 Å². The summed E-state index contributed by atoms with van der Waals surface area (Å²) in [7, 11) is 1.83. The lowest BCUT2D eigenvalue weighted by Gasteiger charge is -2.00. The van der Waals surface area contributed by atoms with Crippen molar-refractivity contribution >= 4 is 6.29 Å². The van der Waals surface area contributed by atoms with Gasteiger partial charge in [0.25, 0.3) is 0 Å². The van der Waals surface area contributed by atoms with Gasteiger partial charge in [0.2, 0.25) is 0 Å². The van der Waals surface area contributed by atoms with Gasteiger partial charge in [-0.05, 0) is 12.3 Å². The largest absolute Gasteiger partial charge is 0.298 e. The zero-order valence-corrected chi connectivity index (χ0v) is 7.74. The first-order valence-corrected chi connectivity index (χ1v) is 4.11. The molecule has 0 atom stereocenters. The van der Waals surface area contributed by atoms with Crippen LogP contribution in [0.1, 0.15) is 29.9 Å². The van der Waals surface area contributed by atoms with Crippen LogP contribution >= 0.6 is 0 Å². The van der Waals surface area contributed by atoms with Gasteiger partial charge in [0.05, 0.1) is 11.3 Å². The number of hydrogen-bond acceptors (Lipinski definition) is 2. The highest BCUT2D eigenvalue weighted by atomic mass is 16.1. The number of rotatable bonds is 3. The summed E-state index contributed by atoms with van der Waals surface area (Å²) in [5.74, 6) is 0.540. The first-order valence-electron chi connectivity index (χ1n) is 4.11. The number of aryl methyl sites for hydroxylation is 1. The Morgan fingerprint density at radius 1 is 1.67 bits per heavy atom. The molecule has 0 N–H and O–H groups in total. The van der Waals surface area contributed by atoms with E-state index in [-0.39, 0.29) is 0 Å². The van der Waals surface area contributed by atoms with Gasteiger partial charge in [0.15, 0.2) is 6.29 Å². The Kier molecular flexibility index (Phi) is 2.63. The smallest absolute Gasteiger partial charge is 0.153 e. The minimum atomic E-state index is 0.540. The summed E-state index contributed by atoms with van der Waals surface area (Å²) < 4.78 is 1.68. The van der Waals surface area contributed by atoms with Crippen LogP contribution < -0.4 is 0 Å². The molecule has 12 heavy (non-hydrogen) atoms. The number of carbonyl (C=O) groups is 1. The monoisotopic (exact) mass is 166 g/mol. The molecule has 0 aliphatic rings. The first-order chi connectivity index (χ1) is 5.63. The van der Waals surface area contributed by atoms with Crippen LogP contribution in [-0.4, -0.2) is 16.1 Å². The molecule has 3 heteroatoms. The van der Waals surface area contributed by atoms with Crippen LogP contribution in [0.15, 0.2) is 6.20 Å². The van der Waals surface area contributed by atoms with Gasteiger partial charge < -0.3 is 0 Å². The van der Waals surface area contributed by atoms with E-state index in [1.165, 1.54) is 0 Å². The lowest BCUT2D eigenvalue weighted by Crippen LogP contribution is -1.98. The van der Waals surface area contributed by atoms with E-state index < -0.39 is 0 Å². The minimum absolute atomic E-state index is 0.540. The first kappa shape index (κ1) is 8.97. The Labute approximate surface area is 72.4 Å². The van der Waals surface area contributed by atoms with Crippen molar-refractivity contribution in [1.82, 2.24) is 9.78 Å². The second-order valence-corrected chi connectivity index (χ2v) is 3.42. The van der Waals surface area contributed by atoms with Gasteiger partial charge in [-0.3, -0.25) is 9.48 Å². The number of aldehydes is 1. The molecule has 0 saturated heterocycles. The van der Waals surface area contributed by atoms with E-state index in [0.717, 1.165) is 18.4 Å². The summed E-state index contributed by atoms with van der Waals surface area (Å²) in [6, 6.07) is 0. The van der Waals surface area contributed by atoms with Crippen molar-refractivity contribution in [2.45, 2.75) is 20.3 Å². The van der Waals surface area contributed by atoms with Gasteiger partial charge >= 0.3 is 0 Å². The average molecular weight is 166 g/mol. The molecular weight excluding hydrogens is 152 g/mol. The standard InChI is InChI=1S/C9H14N2O/c1-7(2)4-9-8(6-12)5-11(3)10-9/h5-7H,4H2,1-3H3. The summed E-state index contributed by atoms with van der Waals surface area (Å²) in [4.78, 5) is 10.6. The third kappa shape index (κ3) is 1.94. The summed E-state index contributed by atoms with van der Waals surface area (Å²) in [6.07, 6.45) is 3.49. The predicted molar refractivity (Wildman–Crippen MR) is 47.1 cm³/mol. The maximum atomic E-state index is 10.6. The Morgan fingerprint density at radius 3 is 2.83 bits per heavy atom. The molecule has 66 valence electrons. The van der Waals surface area contributed by atoms with E-state index in [1.807, 2.05) is 7.05 Å². The number of nitrogens with zero attached hydrogens (tertiary/aromatic N) is 2. The Balaban J connectivity index is 2.89. The lowest BCUT2D eigenvalue weighted by atomic mass is 10.1. The lowest BCUT2D eigenvalue weighted by molar-refractivity contribution is 0.112. The Bertz CT molecular complexity index is 276.